The fourth-order valence-corrected chi connectivity index (χ4v) is 4.14. The zero-order valence-electron chi connectivity index (χ0n) is 16.4. The summed E-state index contributed by atoms with van der Waals surface area (Å²) >= 11 is 1.35. The summed E-state index contributed by atoms with van der Waals surface area (Å²) in [4.78, 5) is 12.3. The van der Waals surface area contributed by atoms with Gasteiger partial charge in [-0.15, -0.1) is 5.10 Å². The van der Waals surface area contributed by atoms with Crippen LogP contribution >= 0.6 is 11.8 Å². The molecule has 9 heteroatoms. The molecular formula is C20H23N5O3S. The smallest absolute Gasteiger partial charge is 0.230 e. The van der Waals surface area contributed by atoms with Crippen molar-refractivity contribution in [2.75, 3.05) is 26.0 Å². The third-order valence-corrected chi connectivity index (χ3v) is 5.81. The SMILES string of the molecule is COc1ccccc1-n1ncc2c(C)nnc(SCC(=O)NCC3CCCO3)c21. The molecule has 3 aromatic rings. The van der Waals surface area contributed by atoms with E-state index in [0.29, 0.717) is 17.3 Å². The number of hydrogen-bond donors (Lipinski definition) is 1. The van der Waals surface area contributed by atoms with Gasteiger partial charge in [-0.2, -0.15) is 10.2 Å². The molecule has 1 aliphatic rings. The molecule has 1 fully saturated rings. The second-order valence-corrected chi connectivity index (χ2v) is 7.77. The summed E-state index contributed by atoms with van der Waals surface area (Å²) in [6, 6.07) is 7.66. The number of ether oxygens (including phenoxy) is 2. The first-order valence-corrected chi connectivity index (χ1v) is 10.5. The molecule has 29 heavy (non-hydrogen) atoms. The maximum Gasteiger partial charge on any atom is 0.230 e. The van der Waals surface area contributed by atoms with Gasteiger partial charge in [0.25, 0.3) is 0 Å². The Morgan fingerprint density at radius 1 is 1.38 bits per heavy atom. The van der Waals surface area contributed by atoms with Crippen LogP contribution < -0.4 is 10.1 Å². The van der Waals surface area contributed by atoms with Crippen LogP contribution in [0.1, 0.15) is 18.5 Å². The lowest BCUT2D eigenvalue weighted by molar-refractivity contribution is -0.119. The predicted molar refractivity (Wildman–Crippen MR) is 111 cm³/mol. The fraction of sp³-hybridized carbons (Fsp3) is 0.400. The summed E-state index contributed by atoms with van der Waals surface area (Å²) in [6.45, 7) is 3.22. The normalized spacial score (nSPS) is 16.3. The number of hydrogen-bond acceptors (Lipinski definition) is 7. The number of fused-ring (bicyclic) bond motifs is 1. The van der Waals surface area contributed by atoms with E-state index in [2.05, 4.69) is 20.6 Å². The minimum Gasteiger partial charge on any atom is -0.494 e. The maximum atomic E-state index is 12.3. The second kappa shape index (κ2) is 8.79. The Labute approximate surface area is 173 Å². The molecule has 1 aromatic carbocycles. The Balaban J connectivity index is 1.57. The predicted octanol–water partition coefficient (Wildman–Crippen LogP) is 2.52. The van der Waals surface area contributed by atoms with Crippen LogP contribution in [-0.4, -0.2) is 58.0 Å². The van der Waals surface area contributed by atoms with Gasteiger partial charge in [-0.3, -0.25) is 4.79 Å². The zero-order chi connectivity index (χ0) is 20.2. The number of para-hydroxylation sites is 2. The van der Waals surface area contributed by atoms with Crippen LogP contribution in [-0.2, 0) is 9.53 Å². The third-order valence-electron chi connectivity index (χ3n) is 4.86. The van der Waals surface area contributed by atoms with Crippen LogP contribution in [0.25, 0.3) is 16.6 Å². The van der Waals surface area contributed by atoms with Crippen molar-refractivity contribution < 1.29 is 14.3 Å². The monoisotopic (exact) mass is 413 g/mol. The lowest BCUT2D eigenvalue weighted by atomic mass is 10.2. The highest BCUT2D eigenvalue weighted by Gasteiger charge is 2.19. The number of methoxy groups -OCH3 is 1. The molecule has 1 atom stereocenters. The number of benzene rings is 1. The van der Waals surface area contributed by atoms with E-state index in [4.69, 9.17) is 9.47 Å². The van der Waals surface area contributed by atoms with Crippen molar-refractivity contribution in [1.82, 2.24) is 25.3 Å². The van der Waals surface area contributed by atoms with Gasteiger partial charge in [0.15, 0.2) is 0 Å². The van der Waals surface area contributed by atoms with E-state index in [9.17, 15) is 4.79 Å². The largest absolute Gasteiger partial charge is 0.494 e. The Hall–Kier alpha value is -2.65. The minimum absolute atomic E-state index is 0.0515. The Bertz CT molecular complexity index is 1020. The van der Waals surface area contributed by atoms with Crippen LogP contribution in [0, 0.1) is 6.92 Å². The number of nitrogens with one attached hydrogen (secondary N) is 1. The highest BCUT2D eigenvalue weighted by molar-refractivity contribution is 8.00. The van der Waals surface area contributed by atoms with E-state index >= 15 is 0 Å². The molecule has 0 saturated carbocycles. The van der Waals surface area contributed by atoms with Crippen molar-refractivity contribution in [2.24, 2.45) is 0 Å². The van der Waals surface area contributed by atoms with Crippen LogP contribution in [0.4, 0.5) is 0 Å². The van der Waals surface area contributed by atoms with Crippen molar-refractivity contribution in [3.8, 4) is 11.4 Å². The molecule has 1 amide bonds. The van der Waals surface area contributed by atoms with E-state index in [1.54, 1.807) is 18.0 Å². The van der Waals surface area contributed by atoms with Crippen molar-refractivity contribution in [3.05, 3.63) is 36.2 Å². The lowest BCUT2D eigenvalue weighted by Gasteiger charge is -2.12. The average Bonchev–Trinajstić information content (AvgIpc) is 3.42. The highest BCUT2D eigenvalue weighted by atomic mass is 32.2. The van der Waals surface area contributed by atoms with Crippen LogP contribution in [0.5, 0.6) is 5.75 Å². The Morgan fingerprint density at radius 2 is 2.24 bits per heavy atom. The number of aryl methyl sites for hydroxylation is 1. The number of thioether (sulfide) groups is 1. The average molecular weight is 414 g/mol. The highest BCUT2D eigenvalue weighted by Crippen LogP contribution is 2.31. The van der Waals surface area contributed by atoms with Gasteiger partial charge in [-0.25, -0.2) is 4.68 Å². The molecule has 0 spiro atoms. The van der Waals surface area contributed by atoms with Crippen molar-refractivity contribution in [3.63, 3.8) is 0 Å². The summed E-state index contributed by atoms with van der Waals surface area (Å²) in [5.41, 5.74) is 2.41. The van der Waals surface area contributed by atoms with E-state index in [-0.39, 0.29) is 17.8 Å². The van der Waals surface area contributed by atoms with E-state index in [1.807, 2.05) is 31.2 Å². The molecule has 1 unspecified atom stereocenters. The molecule has 152 valence electrons. The van der Waals surface area contributed by atoms with Crippen LogP contribution in [0.2, 0.25) is 0 Å². The summed E-state index contributed by atoms with van der Waals surface area (Å²) in [6.07, 6.45) is 3.95. The van der Waals surface area contributed by atoms with Crippen molar-refractivity contribution >= 4 is 28.6 Å². The first kappa shape index (κ1) is 19.7. The first-order valence-electron chi connectivity index (χ1n) is 9.53. The molecule has 4 rings (SSSR count). The number of amides is 1. The summed E-state index contributed by atoms with van der Waals surface area (Å²) in [5.74, 6) is 0.901. The Morgan fingerprint density at radius 3 is 3.03 bits per heavy atom. The molecular weight excluding hydrogens is 390 g/mol. The molecule has 0 aliphatic carbocycles. The number of carbonyl (C=O) groups excluding carboxylic acids is 1. The topological polar surface area (TPSA) is 91.2 Å². The molecule has 2 aromatic heterocycles. The second-order valence-electron chi connectivity index (χ2n) is 6.81. The minimum atomic E-state index is -0.0515. The van der Waals surface area contributed by atoms with E-state index in [1.165, 1.54) is 11.8 Å². The van der Waals surface area contributed by atoms with Gasteiger partial charge >= 0.3 is 0 Å². The van der Waals surface area contributed by atoms with Gasteiger partial charge in [0.1, 0.15) is 22.0 Å². The van der Waals surface area contributed by atoms with Gasteiger partial charge in [0, 0.05) is 18.5 Å². The molecule has 3 heterocycles. The summed E-state index contributed by atoms with van der Waals surface area (Å²) in [5, 5.41) is 17.6. The standard InChI is InChI=1S/C20H23N5O3S/c1-13-15-11-22-25(16-7-3-4-8-17(16)27-2)19(15)20(24-23-13)29-12-18(26)21-10-14-6-5-9-28-14/h3-4,7-8,11,14H,5-6,9-10,12H2,1-2H3,(H,21,26). The number of carbonyl (C=O) groups is 1. The third kappa shape index (κ3) is 4.20. The number of aromatic nitrogens is 4. The van der Waals surface area contributed by atoms with Gasteiger partial charge in [0.05, 0.1) is 30.9 Å². The molecule has 1 aliphatic heterocycles. The van der Waals surface area contributed by atoms with Gasteiger partial charge in [-0.1, -0.05) is 23.9 Å². The molecule has 0 bridgehead atoms. The van der Waals surface area contributed by atoms with Gasteiger partial charge < -0.3 is 14.8 Å². The molecule has 8 nitrogen and oxygen atoms in total. The van der Waals surface area contributed by atoms with Gasteiger partial charge in [-0.05, 0) is 31.9 Å². The van der Waals surface area contributed by atoms with Crippen LogP contribution in [0.3, 0.4) is 0 Å². The van der Waals surface area contributed by atoms with Crippen molar-refractivity contribution in [2.45, 2.75) is 30.9 Å². The molecule has 1 saturated heterocycles. The quantitative estimate of drug-likeness (QED) is 0.595. The lowest BCUT2D eigenvalue weighted by Crippen LogP contribution is -2.32. The zero-order valence-corrected chi connectivity index (χ0v) is 17.2. The van der Waals surface area contributed by atoms with Gasteiger partial charge in [0.2, 0.25) is 5.91 Å². The van der Waals surface area contributed by atoms with Crippen molar-refractivity contribution in [1.29, 1.82) is 0 Å². The summed E-state index contributed by atoms with van der Waals surface area (Å²) < 4.78 is 12.8. The first-order chi connectivity index (χ1) is 14.2. The summed E-state index contributed by atoms with van der Waals surface area (Å²) in [7, 11) is 1.63. The van der Waals surface area contributed by atoms with E-state index in [0.717, 1.165) is 41.7 Å². The molecule has 1 N–H and O–H groups in total. The number of rotatable bonds is 7. The maximum absolute atomic E-state index is 12.3. The number of nitrogens with zero attached hydrogens (tertiary/aromatic N) is 4. The molecule has 0 radical (unpaired) electrons. The van der Waals surface area contributed by atoms with E-state index < -0.39 is 0 Å². The van der Waals surface area contributed by atoms with Crippen LogP contribution in [0.15, 0.2) is 35.5 Å². The Kier molecular flexibility index (Phi) is 5.96. The fourth-order valence-electron chi connectivity index (χ4n) is 3.34.